The first-order valence-corrected chi connectivity index (χ1v) is 26.6. The molecule has 0 radical (unpaired) electrons. The highest BCUT2D eigenvalue weighted by molar-refractivity contribution is 5.76. The van der Waals surface area contributed by atoms with Crippen molar-refractivity contribution in [3.05, 3.63) is 0 Å². The van der Waals surface area contributed by atoms with Crippen LogP contribution in [0.3, 0.4) is 0 Å². The molecule has 0 aromatic rings. The third kappa shape index (κ3) is 25.5. The van der Waals surface area contributed by atoms with E-state index >= 15 is 0 Å². The molecule has 3 rings (SSSR count). The Morgan fingerprint density at radius 3 is 1.23 bits per heavy atom. The van der Waals surface area contributed by atoms with E-state index in [1.807, 2.05) is 0 Å². The monoisotopic (exact) mass is 1210 g/mol. The minimum absolute atomic E-state index is 0.00833. The predicted molar refractivity (Wildman–Crippen MR) is 271 cm³/mol. The highest BCUT2D eigenvalue weighted by Gasteiger charge is 2.60. The fourth-order valence-electron chi connectivity index (χ4n) is 8.57. The van der Waals surface area contributed by atoms with Gasteiger partial charge in [-0.1, -0.05) is 6.42 Å². The first-order chi connectivity index (χ1) is 39.7. The predicted octanol–water partition coefficient (Wildman–Crippen LogP) is -1.46. The van der Waals surface area contributed by atoms with Crippen molar-refractivity contribution in [3.63, 3.8) is 0 Å². The van der Waals surface area contributed by atoms with Crippen LogP contribution in [-0.2, 0) is 138 Å². The van der Waals surface area contributed by atoms with Crippen LogP contribution in [0, 0.1) is 0 Å². The Kier molecular flexibility index (Phi) is 31.2. The van der Waals surface area contributed by atoms with Crippen LogP contribution in [0.1, 0.15) is 94.9 Å². The van der Waals surface area contributed by atoms with Crippen LogP contribution < -0.4 is 16.4 Å². The van der Waals surface area contributed by atoms with Crippen molar-refractivity contribution in [2.24, 2.45) is 5.73 Å². The van der Waals surface area contributed by atoms with E-state index in [9.17, 15) is 57.5 Å². The molecule has 33 heteroatoms. The largest absolute Gasteiger partial charge is 0.463 e. The van der Waals surface area contributed by atoms with E-state index < -0.39 is 184 Å². The van der Waals surface area contributed by atoms with Gasteiger partial charge in [0.15, 0.2) is 61.5 Å². The average molecular weight is 1210 g/mol. The number of esters is 10. The molecule has 3 aliphatic heterocycles. The molecule has 0 aromatic heterocycles. The lowest BCUT2D eigenvalue weighted by Gasteiger charge is -2.50. The van der Waals surface area contributed by atoms with Gasteiger partial charge in [-0.2, -0.15) is 0 Å². The minimum atomic E-state index is -2.13. The summed E-state index contributed by atoms with van der Waals surface area (Å²) in [6, 6.07) is 0. The molecule has 3 aliphatic rings. The lowest BCUT2D eigenvalue weighted by atomic mass is 9.94. The van der Waals surface area contributed by atoms with Gasteiger partial charge in [-0.25, -0.2) is 4.79 Å². The summed E-state index contributed by atoms with van der Waals surface area (Å²) in [5.74, 6) is -10.6. The second-order valence-electron chi connectivity index (χ2n) is 18.8. The summed E-state index contributed by atoms with van der Waals surface area (Å²) in [5.41, 5.74) is 5.36. The fraction of sp³-hybridized carbons (Fsp3) is 0.765. The molecule has 4 N–H and O–H groups in total. The second kappa shape index (κ2) is 36.7. The number of unbranched alkanes of at least 4 members (excludes halogenated alkanes) is 2. The summed E-state index contributed by atoms with van der Waals surface area (Å²) in [6.07, 6.45) is -27.6. The summed E-state index contributed by atoms with van der Waals surface area (Å²) in [6.45, 7) is 9.22. The molecular formula is C51H77N3O30. The van der Waals surface area contributed by atoms with Gasteiger partial charge in [0.25, 0.3) is 0 Å². The van der Waals surface area contributed by atoms with Crippen molar-refractivity contribution in [2.75, 3.05) is 65.9 Å². The molecule has 3 saturated heterocycles. The van der Waals surface area contributed by atoms with Crippen LogP contribution in [0.15, 0.2) is 0 Å². The van der Waals surface area contributed by atoms with Crippen LogP contribution in [-0.4, -0.2) is 230 Å². The van der Waals surface area contributed by atoms with Gasteiger partial charge in [-0.05, 0) is 12.8 Å². The van der Waals surface area contributed by atoms with Crippen molar-refractivity contribution < 1.29 is 143 Å². The van der Waals surface area contributed by atoms with Gasteiger partial charge in [0.05, 0.1) is 26.4 Å². The number of carbonyl (C=O) groups is 12. The second-order valence-corrected chi connectivity index (χ2v) is 18.8. The Balaban J connectivity index is 2.10. The van der Waals surface area contributed by atoms with Gasteiger partial charge < -0.3 is 102 Å². The van der Waals surface area contributed by atoms with Crippen LogP contribution >= 0.6 is 0 Å². The molecule has 3 fully saturated rings. The van der Waals surface area contributed by atoms with E-state index in [1.54, 1.807) is 0 Å². The molecule has 15 atom stereocenters. The first kappa shape index (κ1) is 71.4. The zero-order valence-electron chi connectivity index (χ0n) is 48.4. The Morgan fingerprint density at radius 2 is 0.762 bits per heavy atom. The van der Waals surface area contributed by atoms with Crippen LogP contribution in [0.2, 0.25) is 0 Å². The third-order valence-electron chi connectivity index (χ3n) is 11.6. The van der Waals surface area contributed by atoms with Crippen molar-refractivity contribution in [1.29, 1.82) is 0 Å². The van der Waals surface area contributed by atoms with E-state index in [4.69, 9.17) is 91.0 Å². The Bertz CT molecular complexity index is 2230. The van der Waals surface area contributed by atoms with Crippen molar-refractivity contribution >= 4 is 71.7 Å². The quantitative estimate of drug-likeness (QED) is 0.0393. The van der Waals surface area contributed by atoms with E-state index in [0.717, 1.165) is 69.2 Å². The van der Waals surface area contributed by atoms with Gasteiger partial charge in [0, 0.05) is 88.7 Å². The van der Waals surface area contributed by atoms with Crippen molar-refractivity contribution in [1.82, 2.24) is 10.6 Å². The number of alkyl carbamates (subject to hydrolysis) is 1. The highest BCUT2D eigenvalue weighted by atomic mass is 16.8. The molecule has 84 heavy (non-hydrogen) atoms. The molecule has 0 aliphatic carbocycles. The SMILES string of the molecule is CC(=O)OC[C@H]1O[C@H](O[C@H]2[C@@H](OC(C)=O)[C@@H](COC(C)=O)O[C@@H](O[C@H]3[C@H](OC(C)=O)[C@@H](OC(C)=O)[C@H](NC(=O)CCCCCNC(=O)OCCOCCOCCN)O[C@@H]3COC(C)=O)[C@@H]2OC(C)=O)[C@H](OC(C)=O)[C@@H](OC(C)=O)[C@H]1OC(C)=O. The van der Waals surface area contributed by atoms with Crippen LogP contribution in [0.25, 0.3) is 0 Å². The molecule has 476 valence electrons. The molecule has 0 bridgehead atoms. The van der Waals surface area contributed by atoms with Gasteiger partial charge >= 0.3 is 65.8 Å². The van der Waals surface area contributed by atoms with Gasteiger partial charge in [-0.3, -0.25) is 52.7 Å². The molecule has 0 unspecified atom stereocenters. The third-order valence-corrected chi connectivity index (χ3v) is 11.6. The fourth-order valence-corrected chi connectivity index (χ4v) is 8.57. The number of carbonyl (C=O) groups excluding carboxylic acids is 12. The summed E-state index contributed by atoms with van der Waals surface area (Å²) >= 11 is 0. The van der Waals surface area contributed by atoms with Crippen molar-refractivity contribution in [2.45, 2.75) is 187 Å². The van der Waals surface area contributed by atoms with Crippen LogP contribution in [0.5, 0.6) is 0 Å². The molecule has 3 heterocycles. The van der Waals surface area contributed by atoms with Crippen LogP contribution in [0.4, 0.5) is 4.79 Å². The lowest BCUT2D eigenvalue weighted by Crippen LogP contribution is -2.70. The average Bonchev–Trinajstić information content (AvgIpc) is 2.48. The molecule has 0 aromatic carbocycles. The molecule has 0 saturated carbocycles. The molecule has 0 spiro atoms. The number of nitrogens with two attached hydrogens (primary N) is 1. The number of rotatable bonds is 32. The number of nitrogens with one attached hydrogen (secondary N) is 2. The van der Waals surface area contributed by atoms with E-state index in [0.29, 0.717) is 39.2 Å². The molecule has 33 nitrogen and oxygen atoms in total. The number of hydrogen-bond donors (Lipinski definition) is 3. The Labute approximate surface area is 482 Å². The summed E-state index contributed by atoms with van der Waals surface area (Å²) in [4.78, 5) is 153. The van der Waals surface area contributed by atoms with E-state index in [2.05, 4.69) is 10.6 Å². The van der Waals surface area contributed by atoms with Gasteiger partial charge in [0.2, 0.25) is 5.91 Å². The topological polar surface area (TPSA) is 421 Å². The zero-order valence-corrected chi connectivity index (χ0v) is 48.4. The zero-order chi connectivity index (χ0) is 62.6. The standard InChI is InChI=1S/C51H77N3O30/c1-25(55)70-22-35-41(42(75-30(6)60)45(77-32(8)62)48(80-35)54-38(65)14-12-11-13-16-53-51(66)69-21-20-68-19-18-67-17-15-52)83-49-47(79-34(10)64)44(40(74-29(5)59)37(81-49)24-72-27(3)57)84-50-46(78-33(9)63)43(76-31(7)61)39(73-28(4)58)36(82-50)23-71-26(2)56/h35-37,39-50H,11-24,52H2,1-10H3,(H,53,66)(H,54,65)/t35-,36-,37-,39+,40+,41-,42+,43+,44+,45-,46-,47-,48-,49+,50-/m1/s1. The summed E-state index contributed by atoms with van der Waals surface area (Å²) in [5, 5.41) is 5.18. The Hall–Kier alpha value is -6.88. The highest BCUT2D eigenvalue weighted by Crippen LogP contribution is 2.38. The first-order valence-electron chi connectivity index (χ1n) is 26.6. The van der Waals surface area contributed by atoms with Gasteiger partial charge in [0.1, 0.15) is 56.9 Å². The Morgan fingerprint density at radius 1 is 0.381 bits per heavy atom. The van der Waals surface area contributed by atoms with Crippen molar-refractivity contribution in [3.8, 4) is 0 Å². The summed E-state index contributed by atoms with van der Waals surface area (Å²) < 4.78 is 103. The van der Waals surface area contributed by atoms with E-state index in [-0.39, 0.29) is 32.6 Å². The summed E-state index contributed by atoms with van der Waals surface area (Å²) in [7, 11) is 0. The number of hydrogen-bond acceptors (Lipinski definition) is 31. The number of amides is 2. The maximum absolute atomic E-state index is 13.6. The molecule has 2 amide bonds. The van der Waals surface area contributed by atoms with Gasteiger partial charge in [-0.15, -0.1) is 0 Å². The normalized spacial score (nSPS) is 27.2. The maximum Gasteiger partial charge on any atom is 0.407 e. The smallest absolute Gasteiger partial charge is 0.407 e. The maximum atomic E-state index is 13.6. The van der Waals surface area contributed by atoms with E-state index in [1.165, 1.54) is 0 Å². The molecular weight excluding hydrogens is 1130 g/mol. The lowest BCUT2D eigenvalue weighted by molar-refractivity contribution is -0.375. The number of ether oxygens (including phenoxy) is 18. The minimum Gasteiger partial charge on any atom is -0.463 e.